The van der Waals surface area contributed by atoms with Crippen LogP contribution in [0.5, 0.6) is 0 Å². The standard InChI is InChI=1S/C20H21ClN2O2.C20H20ClNO3.C19H18ClNO3/c1-13-15-7-4-3-6-14(15)10-11-23(13)19(24)12-17-16(20(25)22-2)8-5-9-18(17)21;1-13-15-7-4-3-6-14(15)10-11-22(13)19(23)12-17-16(20(24)25-2)8-5-9-18(17)21;1-12-14-6-3-2-5-13(14)9-10-21(12)18(22)11-16-15(19(23)24)7-4-8-17(16)20/h3-9,13H,10-12H2,1-2H3,(H,22,25);3-9,13H,10-12H2,1-2H3;2-8,12H,9-11H2,1H3,(H,23,24)/t2*13-;12-/m000/s1. The molecule has 0 radical (unpaired) electrons. The third-order valence-corrected chi connectivity index (χ3v) is 15.3. The number of hydrogen-bond donors (Lipinski definition) is 2. The molecule has 74 heavy (non-hydrogen) atoms. The molecule has 12 nitrogen and oxygen atoms in total. The fourth-order valence-electron chi connectivity index (χ4n) is 10.2. The van der Waals surface area contributed by atoms with Crippen molar-refractivity contribution in [1.29, 1.82) is 0 Å². The van der Waals surface area contributed by atoms with E-state index in [0.29, 0.717) is 62.5 Å². The number of hydrogen-bond acceptors (Lipinski definition) is 7. The molecule has 0 saturated heterocycles. The Hall–Kier alpha value is -6.99. The Morgan fingerprint density at radius 3 is 1.18 bits per heavy atom. The van der Waals surface area contributed by atoms with Crippen LogP contribution in [0.1, 0.15) is 120 Å². The van der Waals surface area contributed by atoms with Crippen molar-refractivity contribution in [1.82, 2.24) is 20.0 Å². The van der Waals surface area contributed by atoms with Crippen LogP contribution in [-0.4, -0.2) is 89.2 Å². The molecule has 0 unspecified atom stereocenters. The van der Waals surface area contributed by atoms with Crippen molar-refractivity contribution in [2.75, 3.05) is 33.8 Å². The maximum Gasteiger partial charge on any atom is 0.338 e. The SMILES string of the molecule is CNC(=O)c1cccc(Cl)c1CC(=O)N1CCc2ccccc2[C@@H]1C.COC(=O)c1cccc(Cl)c1CC(=O)N1CCc2ccccc2[C@@H]1C.C[C@H]1c2ccccc2CCN1C(=O)Cc1c(Cl)cccc1C(=O)O. The second-order valence-corrected chi connectivity index (χ2v) is 19.6. The topological polar surface area (TPSA) is 154 Å². The molecule has 0 fully saturated rings. The van der Waals surface area contributed by atoms with Crippen molar-refractivity contribution >= 4 is 70.4 Å². The number of nitrogens with zero attached hydrogens (tertiary/aromatic N) is 3. The summed E-state index contributed by atoms with van der Waals surface area (Å²) >= 11 is 18.7. The molecule has 0 bridgehead atoms. The zero-order valence-corrected chi connectivity index (χ0v) is 44.3. The van der Waals surface area contributed by atoms with Gasteiger partial charge in [-0.15, -0.1) is 0 Å². The highest BCUT2D eigenvalue weighted by atomic mass is 35.5. The first-order valence-electron chi connectivity index (χ1n) is 24.5. The second-order valence-electron chi connectivity index (χ2n) is 18.3. The molecule has 0 aromatic heterocycles. The fraction of sp³-hybridized carbons (Fsp3) is 0.288. The van der Waals surface area contributed by atoms with Gasteiger partial charge in [-0.2, -0.15) is 0 Å². The number of nitrogens with one attached hydrogen (secondary N) is 1. The van der Waals surface area contributed by atoms with Crippen molar-refractivity contribution in [2.24, 2.45) is 0 Å². The average molecular weight is 1060 g/mol. The van der Waals surface area contributed by atoms with E-state index in [1.165, 1.54) is 41.0 Å². The number of aromatic carboxylic acids is 1. The predicted molar refractivity (Wildman–Crippen MR) is 288 cm³/mol. The van der Waals surface area contributed by atoms with E-state index in [9.17, 15) is 33.9 Å². The molecule has 4 amide bonds. The van der Waals surface area contributed by atoms with Crippen LogP contribution in [0.15, 0.2) is 127 Å². The number of carbonyl (C=O) groups excluding carboxylic acids is 5. The van der Waals surface area contributed by atoms with Gasteiger partial charge in [0.1, 0.15) is 0 Å². The van der Waals surface area contributed by atoms with Crippen LogP contribution in [-0.2, 0) is 57.6 Å². The van der Waals surface area contributed by atoms with E-state index < -0.39 is 11.9 Å². The number of methoxy groups -OCH3 is 1. The Balaban J connectivity index is 0.000000162. The van der Waals surface area contributed by atoms with Crippen LogP contribution >= 0.6 is 34.8 Å². The summed E-state index contributed by atoms with van der Waals surface area (Å²) in [5.74, 6) is -1.95. The fourth-order valence-corrected chi connectivity index (χ4v) is 10.9. The maximum atomic E-state index is 12.9. The molecular formula is C59H59Cl3N4O8. The minimum absolute atomic E-state index is 0.00140. The molecule has 3 aliphatic rings. The quantitative estimate of drug-likeness (QED) is 0.136. The maximum absolute atomic E-state index is 12.9. The smallest absolute Gasteiger partial charge is 0.338 e. The summed E-state index contributed by atoms with van der Waals surface area (Å²) in [6.07, 6.45) is 2.68. The van der Waals surface area contributed by atoms with Gasteiger partial charge in [0.2, 0.25) is 17.7 Å². The molecule has 3 heterocycles. The summed E-state index contributed by atoms with van der Waals surface area (Å²) in [6, 6.07) is 39.3. The Morgan fingerprint density at radius 2 is 0.824 bits per heavy atom. The van der Waals surface area contributed by atoms with Gasteiger partial charge in [0.25, 0.3) is 5.91 Å². The minimum Gasteiger partial charge on any atom is -0.478 e. The van der Waals surface area contributed by atoms with Crippen LogP contribution in [0.2, 0.25) is 15.1 Å². The van der Waals surface area contributed by atoms with Crippen LogP contribution in [0.3, 0.4) is 0 Å². The van der Waals surface area contributed by atoms with E-state index in [1.807, 2.05) is 73.0 Å². The first kappa shape index (κ1) is 54.8. The molecule has 384 valence electrons. The third kappa shape index (κ3) is 12.3. The number of amides is 4. The number of halogens is 3. The highest BCUT2D eigenvalue weighted by Crippen LogP contribution is 2.34. The number of benzene rings is 6. The van der Waals surface area contributed by atoms with Crippen LogP contribution in [0, 0.1) is 0 Å². The highest BCUT2D eigenvalue weighted by Gasteiger charge is 2.32. The van der Waals surface area contributed by atoms with Gasteiger partial charge >= 0.3 is 11.9 Å². The summed E-state index contributed by atoms with van der Waals surface area (Å²) in [5, 5.41) is 13.1. The van der Waals surface area contributed by atoms with E-state index in [2.05, 4.69) is 35.6 Å². The van der Waals surface area contributed by atoms with Crippen molar-refractivity contribution in [3.63, 3.8) is 0 Å². The molecule has 6 aromatic carbocycles. The number of carboxylic acids is 1. The first-order chi connectivity index (χ1) is 35.5. The van der Waals surface area contributed by atoms with Crippen LogP contribution in [0.25, 0.3) is 0 Å². The van der Waals surface area contributed by atoms with Crippen molar-refractivity contribution in [3.8, 4) is 0 Å². The van der Waals surface area contributed by atoms with Gasteiger partial charge < -0.3 is 29.9 Å². The molecule has 2 N–H and O–H groups in total. The molecular weight excluding hydrogens is 999 g/mol. The lowest BCUT2D eigenvalue weighted by molar-refractivity contribution is -0.133. The van der Waals surface area contributed by atoms with Crippen molar-refractivity contribution < 1.29 is 38.6 Å². The summed E-state index contributed by atoms with van der Waals surface area (Å²) in [4.78, 5) is 79.6. The van der Waals surface area contributed by atoms with Crippen molar-refractivity contribution in [3.05, 3.63) is 209 Å². The van der Waals surface area contributed by atoms with E-state index in [-0.39, 0.29) is 66.6 Å². The van der Waals surface area contributed by atoms with Crippen molar-refractivity contribution in [2.45, 2.75) is 77.4 Å². The molecule has 15 heteroatoms. The number of carboxylic acid groups (broad SMARTS) is 1. The van der Waals surface area contributed by atoms with E-state index in [0.717, 1.165) is 24.8 Å². The van der Waals surface area contributed by atoms with Gasteiger partial charge in [-0.3, -0.25) is 19.2 Å². The van der Waals surface area contributed by atoms with Gasteiger partial charge in [-0.25, -0.2) is 9.59 Å². The Labute approximate surface area is 447 Å². The number of fused-ring (bicyclic) bond motifs is 3. The van der Waals surface area contributed by atoms with Gasteiger partial charge in [0.15, 0.2) is 0 Å². The number of rotatable bonds is 9. The van der Waals surface area contributed by atoms with E-state index in [1.54, 1.807) is 60.5 Å². The lowest BCUT2D eigenvalue weighted by atomic mass is 9.93. The summed E-state index contributed by atoms with van der Waals surface area (Å²) in [7, 11) is 2.89. The van der Waals surface area contributed by atoms with Gasteiger partial charge in [0.05, 0.1) is 55.6 Å². The second kappa shape index (κ2) is 24.8. The van der Waals surface area contributed by atoms with Gasteiger partial charge in [0, 0.05) is 47.3 Å². The van der Waals surface area contributed by atoms with E-state index >= 15 is 0 Å². The number of ether oxygens (including phenoxy) is 1. The summed E-state index contributed by atoms with van der Waals surface area (Å²) in [6.45, 7) is 8.04. The normalized spacial score (nSPS) is 16.4. The predicted octanol–water partition coefficient (Wildman–Crippen LogP) is 10.9. The lowest BCUT2D eigenvalue weighted by Crippen LogP contribution is -2.40. The van der Waals surface area contributed by atoms with Crippen LogP contribution in [0.4, 0.5) is 0 Å². The Morgan fingerprint density at radius 1 is 0.500 bits per heavy atom. The number of esters is 1. The molecule has 0 aliphatic carbocycles. The Kier molecular flexibility index (Phi) is 18.4. The zero-order chi connectivity index (χ0) is 53.2. The largest absolute Gasteiger partial charge is 0.478 e. The van der Waals surface area contributed by atoms with Crippen LogP contribution < -0.4 is 5.32 Å². The molecule has 3 atom stereocenters. The average Bonchev–Trinajstić information content (AvgIpc) is 3.40. The third-order valence-electron chi connectivity index (χ3n) is 14.2. The zero-order valence-electron chi connectivity index (χ0n) is 42.0. The summed E-state index contributed by atoms with van der Waals surface area (Å²) < 4.78 is 4.80. The van der Waals surface area contributed by atoms with Gasteiger partial charge in [-0.1, -0.05) is 126 Å². The molecule has 0 spiro atoms. The summed E-state index contributed by atoms with van der Waals surface area (Å²) in [5.41, 5.74) is 9.71. The molecule has 3 aliphatic heterocycles. The number of carbonyl (C=O) groups is 6. The monoisotopic (exact) mass is 1060 g/mol. The van der Waals surface area contributed by atoms with Gasteiger partial charge in [-0.05, 0) is 127 Å². The lowest BCUT2D eigenvalue weighted by Gasteiger charge is -2.35. The molecule has 9 rings (SSSR count). The molecule has 6 aromatic rings. The minimum atomic E-state index is -1.07. The highest BCUT2D eigenvalue weighted by molar-refractivity contribution is 6.33. The van der Waals surface area contributed by atoms with E-state index in [4.69, 9.17) is 39.5 Å². The first-order valence-corrected chi connectivity index (χ1v) is 25.6. The molecule has 0 saturated carbocycles. The Bertz CT molecular complexity index is 2950.